The maximum absolute atomic E-state index is 11.2. The third kappa shape index (κ3) is 3.83. The molecular weight excluding hydrogens is 254 g/mol. The van der Waals surface area contributed by atoms with Crippen LogP contribution in [-0.4, -0.2) is 47.2 Å². The van der Waals surface area contributed by atoms with Crippen LogP contribution in [0.15, 0.2) is 17.2 Å². The van der Waals surface area contributed by atoms with Gasteiger partial charge in [0.15, 0.2) is 11.5 Å². The molecule has 0 unspecified atom stereocenters. The van der Waals surface area contributed by atoms with E-state index in [9.17, 15) is 15.0 Å². The molecule has 0 aliphatic heterocycles. The van der Waals surface area contributed by atoms with Gasteiger partial charge in [0.25, 0.3) is 5.91 Å². The Hall–Kier alpha value is -2.32. The first-order valence-electron chi connectivity index (χ1n) is 5.29. The average Bonchev–Trinajstić information content (AvgIpc) is 2.41. The van der Waals surface area contributed by atoms with Crippen LogP contribution < -0.4 is 15.9 Å². The van der Waals surface area contributed by atoms with Gasteiger partial charge < -0.3 is 25.8 Å². The summed E-state index contributed by atoms with van der Waals surface area (Å²) in [6, 6.07) is 1.59. The zero-order valence-corrected chi connectivity index (χ0v) is 10.2. The van der Waals surface area contributed by atoms with E-state index in [1.54, 1.807) is 0 Å². The number of hydrogen-bond donors (Lipinski definition) is 5. The average molecular weight is 269 g/mol. The molecule has 0 aromatic heterocycles. The molecule has 0 radical (unpaired) electrons. The van der Waals surface area contributed by atoms with Crippen LogP contribution in [0.2, 0.25) is 0 Å². The van der Waals surface area contributed by atoms with E-state index in [0.29, 0.717) is 5.56 Å². The minimum Gasteiger partial charge on any atom is -0.504 e. The number of methoxy groups -OCH3 is 1. The van der Waals surface area contributed by atoms with Crippen molar-refractivity contribution in [1.29, 1.82) is 0 Å². The first kappa shape index (κ1) is 14.7. The number of nitrogens with one attached hydrogen (secondary N) is 1. The minimum absolute atomic E-state index is 0.0693. The van der Waals surface area contributed by atoms with Gasteiger partial charge in [0.05, 0.1) is 19.9 Å². The number of aliphatic hydroxyl groups is 1. The summed E-state index contributed by atoms with van der Waals surface area (Å²) < 4.78 is 4.84. The lowest BCUT2D eigenvalue weighted by molar-refractivity contribution is -0.123. The summed E-state index contributed by atoms with van der Waals surface area (Å²) in [5.74, 6) is -1.33. The fraction of sp³-hybridized carbons (Fsp3) is 0.273. The van der Waals surface area contributed by atoms with Crippen molar-refractivity contribution in [3.05, 3.63) is 17.7 Å². The molecular formula is C11H15N3O5. The molecule has 0 aliphatic carbocycles. The largest absolute Gasteiger partial charge is 0.504 e. The van der Waals surface area contributed by atoms with Gasteiger partial charge in [-0.15, -0.1) is 0 Å². The summed E-state index contributed by atoms with van der Waals surface area (Å²) in [6.07, 6.45) is 1.23. The number of hydrazone groups is 1. The zero-order valence-electron chi connectivity index (χ0n) is 10.2. The van der Waals surface area contributed by atoms with E-state index < -0.39 is 18.6 Å². The Morgan fingerprint density at radius 1 is 1.58 bits per heavy atom. The molecule has 0 spiro atoms. The quantitative estimate of drug-likeness (QED) is 0.261. The van der Waals surface area contributed by atoms with E-state index >= 15 is 0 Å². The van der Waals surface area contributed by atoms with Gasteiger partial charge in [-0.1, -0.05) is 0 Å². The number of ether oxygens (including phenoxy) is 1. The standard InChI is InChI=1S/C11H15N3O5/c1-19-9-3-6(2-8(16)10(9)17)4-13-14-11(18)7(12)5-15/h2-4,7,15-17H,5,12H2,1H3,(H,14,18)/b13-4+/t7-/m0/s1. The highest BCUT2D eigenvalue weighted by atomic mass is 16.5. The van der Waals surface area contributed by atoms with Gasteiger partial charge >= 0.3 is 0 Å². The molecule has 8 nitrogen and oxygen atoms in total. The van der Waals surface area contributed by atoms with E-state index in [4.69, 9.17) is 15.6 Å². The first-order chi connectivity index (χ1) is 8.99. The number of rotatable bonds is 5. The molecule has 1 atom stereocenters. The Morgan fingerprint density at radius 3 is 2.84 bits per heavy atom. The molecule has 1 aromatic carbocycles. The highest BCUT2D eigenvalue weighted by Crippen LogP contribution is 2.35. The van der Waals surface area contributed by atoms with Crippen molar-refractivity contribution in [2.24, 2.45) is 10.8 Å². The second-order valence-electron chi connectivity index (χ2n) is 3.61. The number of phenolic OH excluding ortho intramolecular Hbond substituents is 2. The molecule has 1 aromatic rings. The third-order valence-corrected chi connectivity index (χ3v) is 2.22. The van der Waals surface area contributed by atoms with Gasteiger partial charge in [-0.25, -0.2) is 5.43 Å². The van der Waals surface area contributed by atoms with Crippen molar-refractivity contribution in [3.8, 4) is 17.2 Å². The van der Waals surface area contributed by atoms with E-state index in [-0.39, 0.29) is 17.2 Å². The summed E-state index contributed by atoms with van der Waals surface area (Å²) in [7, 11) is 1.33. The normalized spacial score (nSPS) is 12.4. The topological polar surface area (TPSA) is 137 Å². The summed E-state index contributed by atoms with van der Waals surface area (Å²) in [4.78, 5) is 11.2. The van der Waals surface area contributed by atoms with Crippen LogP contribution in [0.4, 0.5) is 0 Å². The number of nitrogens with zero attached hydrogens (tertiary/aromatic N) is 1. The third-order valence-electron chi connectivity index (χ3n) is 2.22. The van der Waals surface area contributed by atoms with E-state index in [1.807, 2.05) is 0 Å². The fourth-order valence-corrected chi connectivity index (χ4v) is 1.18. The second-order valence-corrected chi connectivity index (χ2v) is 3.61. The molecule has 0 bridgehead atoms. The molecule has 0 heterocycles. The molecule has 104 valence electrons. The second kappa shape index (κ2) is 6.57. The SMILES string of the molecule is COc1cc(/C=N/NC(=O)[C@@H](N)CO)cc(O)c1O. The molecule has 0 saturated heterocycles. The van der Waals surface area contributed by atoms with Crippen LogP contribution in [0.25, 0.3) is 0 Å². The lowest BCUT2D eigenvalue weighted by Crippen LogP contribution is -2.40. The molecule has 19 heavy (non-hydrogen) atoms. The van der Waals surface area contributed by atoms with E-state index in [0.717, 1.165) is 0 Å². The Balaban J connectivity index is 2.77. The maximum atomic E-state index is 11.2. The summed E-state index contributed by atoms with van der Waals surface area (Å²) in [6.45, 7) is -0.491. The number of carbonyl (C=O) groups excluding carboxylic acids is 1. The molecule has 8 heteroatoms. The predicted octanol–water partition coefficient (Wildman–Crippen LogP) is -1.12. The van der Waals surface area contributed by atoms with Gasteiger partial charge in [0.1, 0.15) is 6.04 Å². The Kier molecular flexibility index (Phi) is 5.10. The molecule has 1 amide bonds. The summed E-state index contributed by atoms with van der Waals surface area (Å²) in [5.41, 5.74) is 7.76. The molecule has 0 fully saturated rings. The van der Waals surface area contributed by atoms with Gasteiger partial charge in [-0.3, -0.25) is 4.79 Å². The summed E-state index contributed by atoms with van der Waals surface area (Å²) in [5, 5.41) is 31.1. The van der Waals surface area contributed by atoms with Crippen LogP contribution in [0.1, 0.15) is 5.56 Å². The minimum atomic E-state index is -1.06. The Morgan fingerprint density at radius 2 is 2.26 bits per heavy atom. The lowest BCUT2D eigenvalue weighted by Gasteiger charge is -2.07. The highest BCUT2D eigenvalue weighted by Gasteiger charge is 2.11. The summed E-state index contributed by atoms with van der Waals surface area (Å²) >= 11 is 0. The van der Waals surface area contributed by atoms with Crippen LogP contribution in [0, 0.1) is 0 Å². The van der Waals surface area contributed by atoms with Crippen molar-refractivity contribution in [1.82, 2.24) is 5.43 Å². The zero-order chi connectivity index (χ0) is 14.4. The molecule has 1 rings (SSSR count). The van der Waals surface area contributed by atoms with Crippen molar-refractivity contribution < 1.29 is 24.9 Å². The fourth-order valence-electron chi connectivity index (χ4n) is 1.18. The first-order valence-corrected chi connectivity index (χ1v) is 5.29. The van der Waals surface area contributed by atoms with Crippen molar-refractivity contribution in [2.75, 3.05) is 13.7 Å². The predicted molar refractivity (Wildman–Crippen MR) is 67.1 cm³/mol. The van der Waals surface area contributed by atoms with Crippen molar-refractivity contribution in [2.45, 2.75) is 6.04 Å². The van der Waals surface area contributed by atoms with Crippen molar-refractivity contribution >= 4 is 12.1 Å². The van der Waals surface area contributed by atoms with Crippen LogP contribution >= 0.6 is 0 Å². The van der Waals surface area contributed by atoms with E-state index in [2.05, 4.69) is 10.5 Å². The van der Waals surface area contributed by atoms with Gasteiger partial charge in [-0.2, -0.15) is 5.10 Å². The molecule has 0 aliphatic rings. The lowest BCUT2D eigenvalue weighted by atomic mass is 10.2. The number of benzene rings is 1. The van der Waals surface area contributed by atoms with Gasteiger partial charge in [0.2, 0.25) is 5.75 Å². The van der Waals surface area contributed by atoms with Gasteiger partial charge in [-0.05, 0) is 12.1 Å². The number of aromatic hydroxyl groups is 2. The van der Waals surface area contributed by atoms with Crippen LogP contribution in [0.3, 0.4) is 0 Å². The maximum Gasteiger partial charge on any atom is 0.259 e. The van der Waals surface area contributed by atoms with Crippen LogP contribution in [-0.2, 0) is 4.79 Å². The molecule has 6 N–H and O–H groups in total. The molecule has 0 saturated carbocycles. The van der Waals surface area contributed by atoms with Crippen LogP contribution in [0.5, 0.6) is 17.2 Å². The number of aliphatic hydroxyl groups excluding tert-OH is 1. The number of hydrogen-bond acceptors (Lipinski definition) is 7. The van der Waals surface area contributed by atoms with E-state index in [1.165, 1.54) is 25.5 Å². The highest BCUT2D eigenvalue weighted by molar-refractivity contribution is 5.85. The number of amides is 1. The number of phenols is 2. The Labute approximate surface area is 109 Å². The van der Waals surface area contributed by atoms with Gasteiger partial charge in [0, 0.05) is 5.56 Å². The monoisotopic (exact) mass is 269 g/mol. The smallest absolute Gasteiger partial charge is 0.259 e. The van der Waals surface area contributed by atoms with Crippen molar-refractivity contribution in [3.63, 3.8) is 0 Å². The Bertz CT molecular complexity index is 489. The number of carbonyl (C=O) groups is 1. The number of nitrogens with two attached hydrogens (primary N) is 1.